The Morgan fingerprint density at radius 2 is 0.459 bits per heavy atom. The Labute approximate surface area is 433 Å². The Hall–Kier alpha value is -9.78. The fourth-order valence-electron chi connectivity index (χ4n) is 9.57. The fourth-order valence-corrected chi connectivity index (χ4v) is 9.57. The highest BCUT2D eigenvalue weighted by Crippen LogP contribution is 2.40. The zero-order valence-electron chi connectivity index (χ0n) is 41.3. The van der Waals surface area contributed by atoms with E-state index in [9.17, 15) is 9.59 Å². The molecule has 0 radical (unpaired) electrons. The quantitative estimate of drug-likeness (QED) is 0.0539. The van der Waals surface area contributed by atoms with Crippen LogP contribution in [0.25, 0.3) is 55.9 Å². The third-order valence-corrected chi connectivity index (χ3v) is 13.3. The minimum absolute atomic E-state index is 0.229. The summed E-state index contributed by atoms with van der Waals surface area (Å²) >= 11 is 0. The van der Waals surface area contributed by atoms with Crippen molar-refractivity contribution in [2.45, 2.75) is 0 Å². The average molecular weight is 959 g/mol. The Kier molecular flexibility index (Phi) is 14.6. The minimum atomic E-state index is 0.229. The van der Waals surface area contributed by atoms with Gasteiger partial charge in [0.2, 0.25) is 0 Å². The normalized spacial score (nSPS) is 11.6. The molecular formula is C68H54N4O2. The van der Waals surface area contributed by atoms with E-state index in [-0.39, 0.29) is 11.1 Å². The number of nitrogens with zero attached hydrogens (tertiary/aromatic N) is 2. The summed E-state index contributed by atoms with van der Waals surface area (Å²) in [6.45, 7) is 0. The standard InChI is InChI=1S/C68H54N4O2/c1-69-67(57-31-43-63(44-32-57)71(59-35-23-53(24-36-59)49-15-7-3-8-16-49)60-37-25-54(26-38-60)50-17-9-4-10-18-50)65(47-73)66(48-74)68(70-2)58-33-45-64(46-34-58)72(61-39-27-55(28-40-61)51-19-11-5-12-20-51)62-41-29-56(30-42-62)52-21-13-6-14-22-52/h3-48,69-70H,1-2H3/b67-65-,68-66-. The van der Waals surface area contributed by atoms with Gasteiger partial charge in [0.25, 0.3) is 0 Å². The Morgan fingerprint density at radius 1 is 0.270 bits per heavy atom. The maximum absolute atomic E-state index is 13.3. The van der Waals surface area contributed by atoms with E-state index >= 15 is 0 Å². The van der Waals surface area contributed by atoms with Crippen molar-refractivity contribution in [3.63, 3.8) is 0 Å². The molecule has 0 atom stereocenters. The number of anilines is 6. The number of hydrogen-bond acceptors (Lipinski definition) is 6. The maximum Gasteiger partial charge on any atom is 0.152 e. The summed E-state index contributed by atoms with van der Waals surface area (Å²) in [6.07, 6.45) is 1.51. The molecule has 0 spiro atoms. The van der Waals surface area contributed by atoms with Gasteiger partial charge < -0.3 is 20.4 Å². The van der Waals surface area contributed by atoms with Gasteiger partial charge in [-0.2, -0.15) is 0 Å². The van der Waals surface area contributed by atoms with Gasteiger partial charge in [0.1, 0.15) is 0 Å². The molecule has 0 aromatic heterocycles. The zero-order valence-corrected chi connectivity index (χ0v) is 41.3. The molecule has 74 heavy (non-hydrogen) atoms. The summed E-state index contributed by atoms with van der Waals surface area (Å²) in [7, 11) is 3.54. The number of aldehydes is 2. The molecule has 0 aliphatic rings. The predicted octanol–water partition coefficient (Wildman–Crippen LogP) is 16.3. The van der Waals surface area contributed by atoms with Crippen molar-refractivity contribution in [1.29, 1.82) is 0 Å². The molecule has 0 amide bonds. The van der Waals surface area contributed by atoms with Gasteiger partial charge in [-0.3, -0.25) is 9.59 Å². The third-order valence-electron chi connectivity index (χ3n) is 13.3. The van der Waals surface area contributed by atoms with Crippen molar-refractivity contribution in [3.8, 4) is 44.5 Å². The minimum Gasteiger partial charge on any atom is -0.387 e. The monoisotopic (exact) mass is 958 g/mol. The van der Waals surface area contributed by atoms with Crippen LogP contribution in [0.1, 0.15) is 11.1 Å². The van der Waals surface area contributed by atoms with Crippen LogP contribution in [0.4, 0.5) is 34.1 Å². The van der Waals surface area contributed by atoms with Crippen LogP contribution in [0, 0.1) is 0 Å². The molecule has 0 fully saturated rings. The van der Waals surface area contributed by atoms with Crippen LogP contribution < -0.4 is 20.4 Å². The highest BCUT2D eigenvalue weighted by Gasteiger charge is 2.21. The Balaban J connectivity index is 0.984. The van der Waals surface area contributed by atoms with E-state index in [1.165, 1.54) is 0 Å². The summed E-state index contributed by atoms with van der Waals surface area (Å²) in [5.41, 5.74) is 17.9. The molecule has 0 saturated carbocycles. The first-order valence-corrected chi connectivity index (χ1v) is 24.7. The van der Waals surface area contributed by atoms with Crippen molar-refractivity contribution in [2.24, 2.45) is 0 Å². The van der Waals surface area contributed by atoms with Crippen LogP contribution in [0.3, 0.4) is 0 Å². The van der Waals surface area contributed by atoms with Crippen molar-refractivity contribution >= 4 is 58.1 Å². The molecule has 10 rings (SSSR count). The lowest BCUT2D eigenvalue weighted by atomic mass is 9.96. The first-order valence-electron chi connectivity index (χ1n) is 24.7. The number of benzene rings is 10. The molecule has 10 aromatic rings. The smallest absolute Gasteiger partial charge is 0.152 e. The summed E-state index contributed by atoms with van der Waals surface area (Å²) in [5, 5.41) is 6.53. The molecule has 358 valence electrons. The van der Waals surface area contributed by atoms with Crippen molar-refractivity contribution in [1.82, 2.24) is 10.6 Å². The second-order valence-electron chi connectivity index (χ2n) is 17.7. The molecule has 0 saturated heterocycles. The Morgan fingerprint density at radius 3 is 0.649 bits per heavy atom. The average Bonchev–Trinajstić information content (AvgIpc) is 3.48. The van der Waals surface area contributed by atoms with Gasteiger partial charge in [-0.25, -0.2) is 0 Å². The number of hydrogen-bond donors (Lipinski definition) is 2. The van der Waals surface area contributed by atoms with Crippen molar-refractivity contribution in [3.05, 3.63) is 289 Å². The highest BCUT2D eigenvalue weighted by atomic mass is 16.1. The summed E-state index contributed by atoms with van der Waals surface area (Å²) in [6, 6.07) is 91.8. The van der Waals surface area contributed by atoms with Crippen LogP contribution in [0.15, 0.2) is 278 Å². The lowest BCUT2D eigenvalue weighted by Crippen LogP contribution is -2.16. The summed E-state index contributed by atoms with van der Waals surface area (Å²) in [5.74, 6) is 0. The molecule has 0 bridgehead atoms. The summed E-state index contributed by atoms with van der Waals surface area (Å²) in [4.78, 5) is 31.0. The van der Waals surface area contributed by atoms with Gasteiger partial charge in [0.05, 0.1) is 22.5 Å². The van der Waals surface area contributed by atoms with E-state index in [0.29, 0.717) is 11.4 Å². The van der Waals surface area contributed by atoms with E-state index < -0.39 is 0 Å². The van der Waals surface area contributed by atoms with E-state index in [1.807, 2.05) is 72.8 Å². The lowest BCUT2D eigenvalue weighted by Gasteiger charge is -2.26. The molecule has 2 N–H and O–H groups in total. The van der Waals surface area contributed by atoms with E-state index in [1.54, 1.807) is 14.1 Å². The van der Waals surface area contributed by atoms with E-state index in [4.69, 9.17) is 0 Å². The molecule has 0 heterocycles. The molecule has 10 aromatic carbocycles. The molecule has 0 aliphatic carbocycles. The van der Waals surface area contributed by atoms with E-state index in [2.05, 4.69) is 215 Å². The molecule has 0 unspecified atom stereocenters. The molecule has 6 nitrogen and oxygen atoms in total. The van der Waals surface area contributed by atoms with Gasteiger partial charge >= 0.3 is 0 Å². The van der Waals surface area contributed by atoms with Crippen LogP contribution in [0.5, 0.6) is 0 Å². The van der Waals surface area contributed by atoms with Gasteiger partial charge in [-0.15, -0.1) is 0 Å². The Bertz CT molecular complexity index is 3120. The second kappa shape index (κ2) is 22.5. The van der Waals surface area contributed by atoms with Crippen LogP contribution >= 0.6 is 0 Å². The van der Waals surface area contributed by atoms with Crippen molar-refractivity contribution < 1.29 is 9.59 Å². The summed E-state index contributed by atoms with van der Waals surface area (Å²) < 4.78 is 0. The van der Waals surface area contributed by atoms with Gasteiger partial charge in [-0.1, -0.05) is 194 Å². The lowest BCUT2D eigenvalue weighted by molar-refractivity contribution is -0.107. The molecule has 0 aliphatic heterocycles. The largest absolute Gasteiger partial charge is 0.387 e. The van der Waals surface area contributed by atoms with Gasteiger partial charge in [0, 0.05) is 48.2 Å². The first-order chi connectivity index (χ1) is 36.5. The number of rotatable bonds is 17. The van der Waals surface area contributed by atoms with Crippen LogP contribution in [-0.2, 0) is 9.59 Å². The number of carbonyl (C=O) groups excluding carboxylic acids is 2. The second-order valence-corrected chi connectivity index (χ2v) is 17.7. The molecular weight excluding hydrogens is 905 g/mol. The fraction of sp³-hybridized carbons (Fsp3) is 0.0294. The SMILES string of the molecule is CN/C(=C(C=O)\C(C=O)=C(/NC)c1ccc(N(c2ccc(-c3ccccc3)cc2)c2ccc(-c3ccccc3)cc2)cc1)c1ccc(N(c2ccc(-c3ccccc3)cc2)c2ccc(-c3ccccc3)cc2)cc1. The first kappa shape index (κ1) is 47.9. The molecule has 6 heteroatoms. The van der Waals surface area contributed by atoms with Gasteiger partial charge in [0.15, 0.2) is 12.6 Å². The zero-order chi connectivity index (χ0) is 50.6. The number of nitrogens with one attached hydrogen (secondary N) is 2. The van der Waals surface area contributed by atoms with Crippen LogP contribution in [0.2, 0.25) is 0 Å². The maximum atomic E-state index is 13.3. The van der Waals surface area contributed by atoms with Crippen LogP contribution in [-0.4, -0.2) is 26.7 Å². The van der Waals surface area contributed by atoms with Crippen molar-refractivity contribution in [2.75, 3.05) is 23.9 Å². The third kappa shape index (κ3) is 10.3. The number of allylic oxidation sites excluding steroid dienone is 2. The predicted molar refractivity (Wildman–Crippen MR) is 308 cm³/mol. The topological polar surface area (TPSA) is 64.7 Å². The number of carbonyl (C=O) groups is 2. The van der Waals surface area contributed by atoms with Gasteiger partial charge in [-0.05, 0) is 128 Å². The highest BCUT2D eigenvalue weighted by molar-refractivity contribution is 6.07. The van der Waals surface area contributed by atoms with E-state index in [0.717, 1.165) is 102 Å².